The number of amides is 2. The highest BCUT2D eigenvalue weighted by Gasteiger charge is 2.35. The van der Waals surface area contributed by atoms with E-state index < -0.39 is 6.43 Å². The summed E-state index contributed by atoms with van der Waals surface area (Å²) < 4.78 is 31.1. The topological polar surface area (TPSA) is 92.5 Å². The lowest BCUT2D eigenvalue weighted by Gasteiger charge is -2.33. The van der Waals surface area contributed by atoms with Crippen LogP contribution in [-0.2, 0) is 19.4 Å². The van der Waals surface area contributed by atoms with Gasteiger partial charge < -0.3 is 20.1 Å². The number of nitrogens with zero attached hydrogens (tertiary/aromatic N) is 6. The molecule has 1 aromatic carbocycles. The first kappa shape index (κ1) is 26.6. The molecule has 1 aromatic heterocycles. The van der Waals surface area contributed by atoms with Crippen molar-refractivity contribution in [3.8, 4) is 6.07 Å². The van der Waals surface area contributed by atoms with Gasteiger partial charge in [-0.05, 0) is 67.4 Å². The summed E-state index contributed by atoms with van der Waals surface area (Å²) in [5, 5.41) is 19.1. The van der Waals surface area contributed by atoms with E-state index in [2.05, 4.69) is 26.4 Å². The molecule has 0 bridgehead atoms. The minimum absolute atomic E-state index is 0.0316. The second-order valence-electron chi connectivity index (χ2n) is 11.3. The summed E-state index contributed by atoms with van der Waals surface area (Å²) in [5.41, 5.74) is 8.58. The Labute approximate surface area is 233 Å². The molecule has 2 N–H and O–H groups in total. The third-order valence-corrected chi connectivity index (χ3v) is 8.87. The highest BCUT2D eigenvalue weighted by atomic mass is 19.3. The number of halogens is 2. The number of hydrogen-bond acceptors (Lipinski definition) is 6. The van der Waals surface area contributed by atoms with Crippen LogP contribution in [0, 0.1) is 17.2 Å². The molecule has 6 rings (SSSR count). The largest absolute Gasteiger partial charge is 0.341 e. The van der Waals surface area contributed by atoms with E-state index in [0.717, 1.165) is 72.4 Å². The number of benzene rings is 1. The fraction of sp³-hybridized carbons (Fsp3) is 0.552. The van der Waals surface area contributed by atoms with E-state index in [4.69, 9.17) is 5.10 Å². The molecule has 11 heteroatoms. The molecule has 2 amide bonds. The molecular formula is C29H36F2N8O. The van der Waals surface area contributed by atoms with Gasteiger partial charge in [-0.25, -0.2) is 19.0 Å². The van der Waals surface area contributed by atoms with Gasteiger partial charge in [0.1, 0.15) is 0 Å². The number of alkyl halides is 2. The van der Waals surface area contributed by atoms with E-state index in [-0.39, 0.29) is 23.6 Å². The van der Waals surface area contributed by atoms with Crippen molar-refractivity contribution in [2.75, 3.05) is 38.6 Å². The summed E-state index contributed by atoms with van der Waals surface area (Å²) in [4.78, 5) is 16.5. The van der Waals surface area contributed by atoms with Crippen molar-refractivity contribution in [1.82, 2.24) is 30.4 Å². The Hall–Kier alpha value is -3.65. The van der Waals surface area contributed by atoms with E-state index >= 15 is 0 Å². The normalized spacial score (nSPS) is 22.6. The fourth-order valence-electron chi connectivity index (χ4n) is 6.76. The molecule has 4 aliphatic rings. The van der Waals surface area contributed by atoms with Crippen molar-refractivity contribution in [2.24, 2.45) is 5.92 Å². The Morgan fingerprint density at radius 2 is 2.00 bits per heavy atom. The molecule has 9 nitrogen and oxygen atoms in total. The summed E-state index contributed by atoms with van der Waals surface area (Å²) in [6.45, 7) is 2.21. The summed E-state index contributed by atoms with van der Waals surface area (Å²) in [7, 11) is 3.50. The zero-order chi connectivity index (χ0) is 28.0. The van der Waals surface area contributed by atoms with Crippen LogP contribution in [0.3, 0.4) is 0 Å². The number of rotatable bonds is 4. The van der Waals surface area contributed by atoms with E-state index in [0.29, 0.717) is 38.2 Å². The van der Waals surface area contributed by atoms with Gasteiger partial charge in [-0.1, -0.05) is 0 Å². The van der Waals surface area contributed by atoms with Crippen LogP contribution >= 0.6 is 0 Å². The quantitative estimate of drug-likeness (QED) is 0.576. The van der Waals surface area contributed by atoms with Crippen LogP contribution in [0.4, 0.5) is 25.1 Å². The molecule has 212 valence electrons. The summed E-state index contributed by atoms with van der Waals surface area (Å²) in [5.74, 6) is 0.855. The number of carbonyl (C=O) groups excluding carboxylic acids is 1. The Morgan fingerprint density at radius 1 is 1.20 bits per heavy atom. The molecule has 0 saturated heterocycles. The third-order valence-electron chi connectivity index (χ3n) is 8.87. The highest BCUT2D eigenvalue weighted by molar-refractivity contribution is 5.78. The zero-order valence-corrected chi connectivity index (χ0v) is 23.1. The number of hydrazine groups is 1. The Kier molecular flexibility index (Phi) is 7.13. The maximum absolute atomic E-state index is 14.5. The Bertz CT molecular complexity index is 1370. The van der Waals surface area contributed by atoms with Crippen molar-refractivity contribution >= 4 is 23.1 Å². The molecule has 3 aliphatic heterocycles. The van der Waals surface area contributed by atoms with Gasteiger partial charge in [0.25, 0.3) is 6.43 Å². The smallest absolute Gasteiger partial charge is 0.317 e. The molecule has 2 aromatic rings. The second kappa shape index (κ2) is 10.7. The molecular weight excluding hydrogens is 514 g/mol. The van der Waals surface area contributed by atoms with E-state index in [1.54, 1.807) is 23.0 Å². The number of aryl methyl sites for hydroxylation is 1. The molecule has 1 fully saturated rings. The predicted molar refractivity (Wildman–Crippen MR) is 148 cm³/mol. The number of nitrogens with one attached hydrogen (secondary N) is 2. The first-order valence-electron chi connectivity index (χ1n) is 14.2. The lowest BCUT2D eigenvalue weighted by molar-refractivity contribution is 0.151. The number of urea groups is 1. The Balaban J connectivity index is 1.43. The number of carbonyl (C=O) groups is 1. The maximum atomic E-state index is 14.5. The molecule has 40 heavy (non-hydrogen) atoms. The molecule has 1 saturated carbocycles. The first-order chi connectivity index (χ1) is 19.4. The fourth-order valence-corrected chi connectivity index (χ4v) is 6.76. The highest BCUT2D eigenvalue weighted by Crippen LogP contribution is 2.43. The van der Waals surface area contributed by atoms with Crippen molar-refractivity contribution in [2.45, 2.75) is 64.0 Å². The van der Waals surface area contributed by atoms with Gasteiger partial charge in [-0.3, -0.25) is 4.68 Å². The molecule has 0 spiro atoms. The monoisotopic (exact) mass is 550 g/mol. The Morgan fingerprint density at radius 3 is 2.67 bits per heavy atom. The average molecular weight is 551 g/mol. The van der Waals surface area contributed by atoms with Crippen molar-refractivity contribution in [3.63, 3.8) is 0 Å². The van der Waals surface area contributed by atoms with E-state index in [1.165, 1.54) is 0 Å². The van der Waals surface area contributed by atoms with Crippen LogP contribution in [0.25, 0.3) is 5.57 Å². The molecule has 0 atom stereocenters. The maximum Gasteiger partial charge on any atom is 0.317 e. The van der Waals surface area contributed by atoms with Crippen molar-refractivity contribution in [3.05, 3.63) is 46.3 Å². The van der Waals surface area contributed by atoms with Crippen LogP contribution in [0.2, 0.25) is 0 Å². The van der Waals surface area contributed by atoms with Gasteiger partial charge in [0.15, 0.2) is 5.82 Å². The van der Waals surface area contributed by atoms with Gasteiger partial charge in [0, 0.05) is 74.8 Å². The van der Waals surface area contributed by atoms with Crippen LogP contribution < -0.4 is 15.6 Å². The van der Waals surface area contributed by atoms with Crippen LogP contribution in [0.1, 0.15) is 72.5 Å². The lowest BCUT2D eigenvalue weighted by atomic mass is 9.87. The van der Waals surface area contributed by atoms with Gasteiger partial charge in [0.05, 0.1) is 18.7 Å². The first-order valence-corrected chi connectivity index (χ1v) is 14.2. The van der Waals surface area contributed by atoms with Gasteiger partial charge >= 0.3 is 6.03 Å². The second-order valence-corrected chi connectivity index (χ2v) is 11.3. The number of fused-ring (bicyclic) bond motifs is 2. The summed E-state index contributed by atoms with van der Waals surface area (Å²) in [6.07, 6.45) is 5.11. The average Bonchev–Trinajstić information content (AvgIpc) is 3.59. The molecule has 0 unspecified atom stereocenters. The summed E-state index contributed by atoms with van der Waals surface area (Å²) in [6, 6.07) is 6.08. The third kappa shape index (κ3) is 4.68. The lowest BCUT2D eigenvalue weighted by Crippen LogP contribution is -2.42. The van der Waals surface area contributed by atoms with Crippen LogP contribution in [0.5, 0.6) is 0 Å². The van der Waals surface area contributed by atoms with Gasteiger partial charge in [-0.15, -0.1) is 0 Å². The number of nitriles is 1. The molecule has 1 aliphatic carbocycles. The molecule has 0 radical (unpaired) electrons. The predicted octanol–water partition coefficient (Wildman–Crippen LogP) is 4.65. The van der Waals surface area contributed by atoms with Crippen LogP contribution in [-0.4, -0.2) is 59.5 Å². The number of aromatic nitrogens is 2. The SMILES string of the molecule is CNC(=O)N1CCc2c(c(N3CCCc4cc(C5=CN(C)NC5)c(C(F)F)cc43)nn2[C@H]2CC[C@H](C#N)CC2)C1. The van der Waals surface area contributed by atoms with Crippen molar-refractivity contribution in [1.29, 1.82) is 5.26 Å². The number of hydrogen-bond donors (Lipinski definition) is 2. The van der Waals surface area contributed by atoms with Gasteiger partial charge in [-0.2, -0.15) is 10.4 Å². The van der Waals surface area contributed by atoms with Gasteiger partial charge in [0.2, 0.25) is 0 Å². The minimum Gasteiger partial charge on any atom is -0.341 e. The number of anilines is 2. The standard InChI is InChI=1S/C29H36F2N8O/c1-33-29(40)37-11-9-25-24(17-37)28(35-39(25)21-7-5-18(14-32)6-8-21)38-10-3-4-19-12-22(20-15-34-36(2)16-20)23(27(30)31)13-26(19)38/h12-13,16,18,21,27,34H,3-11,15,17H2,1-2H3,(H,33,40)/t18-,21-. The minimum atomic E-state index is -2.61. The van der Waals surface area contributed by atoms with E-state index in [9.17, 15) is 18.8 Å². The van der Waals surface area contributed by atoms with E-state index in [1.807, 2.05) is 19.3 Å². The molecule has 4 heterocycles. The van der Waals surface area contributed by atoms with Crippen molar-refractivity contribution < 1.29 is 13.6 Å². The van der Waals surface area contributed by atoms with Crippen LogP contribution in [0.15, 0.2) is 18.3 Å². The summed E-state index contributed by atoms with van der Waals surface area (Å²) >= 11 is 0. The zero-order valence-electron chi connectivity index (χ0n) is 23.1.